The molecule has 0 radical (unpaired) electrons. The second-order valence-electron chi connectivity index (χ2n) is 5.89. The number of benzene rings is 1. The third kappa shape index (κ3) is 3.15. The molecule has 2 amide bonds. The van der Waals surface area contributed by atoms with E-state index in [1.807, 2.05) is 49.6 Å². The van der Waals surface area contributed by atoms with E-state index in [1.165, 1.54) is 11.3 Å². The Labute approximate surface area is 140 Å². The zero-order chi connectivity index (χ0) is 16.4. The second-order valence-corrected chi connectivity index (χ2v) is 6.84. The zero-order valence-electron chi connectivity index (χ0n) is 13.3. The Bertz CT molecular complexity index is 704. The number of aryl methyl sites for hydroxylation is 2. The van der Waals surface area contributed by atoms with Gasteiger partial charge in [0, 0.05) is 12.2 Å². The van der Waals surface area contributed by atoms with Crippen LogP contribution in [0.1, 0.15) is 33.6 Å². The Balaban J connectivity index is 1.77. The number of thiophene rings is 1. The number of carbonyl (C=O) groups is 2. The first-order valence-corrected chi connectivity index (χ1v) is 8.67. The van der Waals surface area contributed by atoms with Crippen LogP contribution >= 0.6 is 11.3 Å². The second kappa shape index (κ2) is 6.54. The van der Waals surface area contributed by atoms with Crippen molar-refractivity contribution in [3.05, 3.63) is 51.7 Å². The summed E-state index contributed by atoms with van der Waals surface area (Å²) in [5.41, 5.74) is 2.92. The Hall–Kier alpha value is -2.14. The number of nitrogens with zero attached hydrogens (tertiary/aromatic N) is 1. The lowest BCUT2D eigenvalue weighted by atomic mass is 10.1. The third-order valence-corrected chi connectivity index (χ3v) is 5.14. The van der Waals surface area contributed by atoms with Gasteiger partial charge in [-0.3, -0.25) is 9.59 Å². The highest BCUT2D eigenvalue weighted by molar-refractivity contribution is 7.12. The van der Waals surface area contributed by atoms with Gasteiger partial charge >= 0.3 is 0 Å². The smallest absolute Gasteiger partial charge is 0.264 e. The molecule has 4 nitrogen and oxygen atoms in total. The van der Waals surface area contributed by atoms with Crippen molar-refractivity contribution >= 4 is 28.8 Å². The van der Waals surface area contributed by atoms with Crippen molar-refractivity contribution in [1.29, 1.82) is 0 Å². The fourth-order valence-electron chi connectivity index (χ4n) is 3.04. The van der Waals surface area contributed by atoms with Gasteiger partial charge in [-0.2, -0.15) is 0 Å². The highest BCUT2D eigenvalue weighted by Gasteiger charge is 2.35. The van der Waals surface area contributed by atoms with Crippen molar-refractivity contribution in [3.8, 4) is 0 Å². The van der Waals surface area contributed by atoms with Crippen molar-refractivity contribution < 1.29 is 9.59 Å². The number of nitrogens with one attached hydrogen (secondary N) is 1. The fourth-order valence-corrected chi connectivity index (χ4v) is 3.72. The van der Waals surface area contributed by atoms with Crippen LogP contribution in [0.4, 0.5) is 5.69 Å². The largest absolute Gasteiger partial charge is 0.326 e. The summed E-state index contributed by atoms with van der Waals surface area (Å²) in [6, 6.07) is 9.22. The summed E-state index contributed by atoms with van der Waals surface area (Å²) < 4.78 is 0. The van der Waals surface area contributed by atoms with E-state index in [-0.39, 0.29) is 17.9 Å². The minimum Gasteiger partial charge on any atom is -0.326 e. The minimum atomic E-state index is -0.386. The average Bonchev–Trinajstić information content (AvgIpc) is 3.20. The van der Waals surface area contributed by atoms with E-state index < -0.39 is 0 Å². The number of amides is 2. The highest BCUT2D eigenvalue weighted by Crippen LogP contribution is 2.25. The molecule has 2 aromatic rings. The average molecular weight is 328 g/mol. The van der Waals surface area contributed by atoms with E-state index >= 15 is 0 Å². The molecule has 1 saturated heterocycles. The Morgan fingerprint density at radius 3 is 2.57 bits per heavy atom. The number of anilines is 1. The SMILES string of the molecule is Cc1cccc(C)c1NC(=O)C1CCCN1C(=O)c1cccs1. The van der Waals surface area contributed by atoms with E-state index in [1.54, 1.807) is 4.90 Å². The fraction of sp³-hybridized carbons (Fsp3) is 0.333. The maximum atomic E-state index is 12.7. The highest BCUT2D eigenvalue weighted by atomic mass is 32.1. The number of rotatable bonds is 3. The molecule has 1 fully saturated rings. The van der Waals surface area contributed by atoms with Crippen molar-refractivity contribution in [1.82, 2.24) is 4.90 Å². The Morgan fingerprint density at radius 1 is 1.17 bits per heavy atom. The number of para-hydroxylation sites is 1. The van der Waals surface area contributed by atoms with Crippen LogP contribution in [-0.4, -0.2) is 29.3 Å². The van der Waals surface area contributed by atoms with Gasteiger partial charge in [-0.05, 0) is 49.3 Å². The van der Waals surface area contributed by atoms with Gasteiger partial charge in [-0.15, -0.1) is 11.3 Å². The van der Waals surface area contributed by atoms with Gasteiger partial charge in [0.2, 0.25) is 5.91 Å². The summed E-state index contributed by atoms with van der Waals surface area (Å²) in [4.78, 5) is 27.7. The molecule has 3 rings (SSSR count). The maximum Gasteiger partial charge on any atom is 0.264 e. The summed E-state index contributed by atoms with van der Waals surface area (Å²) >= 11 is 1.42. The van der Waals surface area contributed by atoms with Crippen molar-refractivity contribution in [2.45, 2.75) is 32.7 Å². The van der Waals surface area contributed by atoms with Crippen molar-refractivity contribution in [3.63, 3.8) is 0 Å². The van der Waals surface area contributed by atoms with Crippen LogP contribution in [0.3, 0.4) is 0 Å². The summed E-state index contributed by atoms with van der Waals surface area (Å²) in [6.07, 6.45) is 1.58. The van der Waals surface area contributed by atoms with Gasteiger partial charge in [0.25, 0.3) is 5.91 Å². The van der Waals surface area contributed by atoms with E-state index in [0.717, 1.165) is 23.2 Å². The molecule has 1 aromatic heterocycles. The van der Waals surface area contributed by atoms with Crippen molar-refractivity contribution in [2.24, 2.45) is 0 Å². The molecule has 0 aliphatic carbocycles. The molecule has 0 saturated carbocycles. The quantitative estimate of drug-likeness (QED) is 0.936. The molecule has 1 aliphatic rings. The molecule has 23 heavy (non-hydrogen) atoms. The molecule has 1 unspecified atom stereocenters. The van der Waals surface area contributed by atoms with E-state index in [4.69, 9.17) is 0 Å². The normalized spacial score (nSPS) is 17.3. The molecule has 2 heterocycles. The monoisotopic (exact) mass is 328 g/mol. The lowest BCUT2D eigenvalue weighted by molar-refractivity contribution is -0.119. The summed E-state index contributed by atoms with van der Waals surface area (Å²) in [5.74, 6) is -0.135. The molecule has 120 valence electrons. The van der Waals surface area contributed by atoms with Gasteiger partial charge in [0.1, 0.15) is 6.04 Å². The molecule has 0 bridgehead atoms. The zero-order valence-corrected chi connectivity index (χ0v) is 14.2. The van der Waals surface area contributed by atoms with Crippen LogP contribution < -0.4 is 5.32 Å². The third-order valence-electron chi connectivity index (χ3n) is 4.28. The Morgan fingerprint density at radius 2 is 1.91 bits per heavy atom. The van der Waals surface area contributed by atoms with Gasteiger partial charge in [-0.1, -0.05) is 24.3 Å². The van der Waals surface area contributed by atoms with Gasteiger partial charge in [-0.25, -0.2) is 0 Å². The standard InChI is InChI=1S/C18H20N2O2S/c1-12-6-3-7-13(2)16(12)19-17(21)14-8-4-10-20(14)18(22)15-9-5-11-23-15/h3,5-7,9,11,14H,4,8,10H2,1-2H3,(H,19,21). The van der Waals surface area contributed by atoms with Crippen LogP contribution in [0.25, 0.3) is 0 Å². The van der Waals surface area contributed by atoms with Gasteiger partial charge in [0.15, 0.2) is 0 Å². The van der Waals surface area contributed by atoms with E-state index in [2.05, 4.69) is 5.32 Å². The molecular formula is C18H20N2O2S. The van der Waals surface area contributed by atoms with Crippen LogP contribution in [0.15, 0.2) is 35.7 Å². The molecular weight excluding hydrogens is 308 g/mol. The molecule has 1 aromatic carbocycles. The first-order valence-electron chi connectivity index (χ1n) is 7.79. The predicted molar refractivity (Wildman–Crippen MR) is 92.9 cm³/mol. The minimum absolute atomic E-state index is 0.0424. The molecule has 5 heteroatoms. The predicted octanol–water partition coefficient (Wildman–Crippen LogP) is 3.61. The summed E-state index contributed by atoms with van der Waals surface area (Å²) in [6.45, 7) is 4.60. The topological polar surface area (TPSA) is 49.4 Å². The van der Waals surface area contributed by atoms with Gasteiger partial charge < -0.3 is 10.2 Å². The van der Waals surface area contributed by atoms with Crippen LogP contribution in [0.2, 0.25) is 0 Å². The first-order chi connectivity index (χ1) is 11.1. The number of carbonyl (C=O) groups excluding carboxylic acids is 2. The number of likely N-dealkylation sites (tertiary alicyclic amines) is 1. The van der Waals surface area contributed by atoms with Crippen LogP contribution in [0, 0.1) is 13.8 Å². The summed E-state index contributed by atoms with van der Waals surface area (Å²) in [5, 5.41) is 4.91. The lowest BCUT2D eigenvalue weighted by Crippen LogP contribution is -2.43. The number of hydrogen-bond acceptors (Lipinski definition) is 3. The summed E-state index contributed by atoms with van der Waals surface area (Å²) in [7, 11) is 0. The molecule has 1 aliphatic heterocycles. The Kier molecular flexibility index (Phi) is 4.48. The number of hydrogen-bond donors (Lipinski definition) is 1. The van der Waals surface area contributed by atoms with Crippen LogP contribution in [0.5, 0.6) is 0 Å². The first kappa shape index (κ1) is 15.7. The van der Waals surface area contributed by atoms with E-state index in [9.17, 15) is 9.59 Å². The molecule has 1 N–H and O–H groups in total. The molecule has 0 spiro atoms. The van der Waals surface area contributed by atoms with E-state index in [0.29, 0.717) is 17.8 Å². The van der Waals surface area contributed by atoms with Crippen molar-refractivity contribution in [2.75, 3.05) is 11.9 Å². The van der Waals surface area contributed by atoms with Crippen LogP contribution in [-0.2, 0) is 4.79 Å². The molecule has 1 atom stereocenters. The maximum absolute atomic E-state index is 12.7. The lowest BCUT2D eigenvalue weighted by Gasteiger charge is -2.24. The van der Waals surface area contributed by atoms with Gasteiger partial charge in [0.05, 0.1) is 4.88 Å².